The number of non-ortho nitro benzene ring substituents is 1. The molecule has 110 valence electrons. The number of nitrogens with two attached hydrogens (primary N) is 1. The van der Waals surface area contributed by atoms with E-state index >= 15 is 0 Å². The van der Waals surface area contributed by atoms with E-state index in [0.29, 0.717) is 13.1 Å². The van der Waals surface area contributed by atoms with Crippen molar-refractivity contribution in [2.45, 2.75) is 13.1 Å². The van der Waals surface area contributed by atoms with E-state index in [1.165, 1.54) is 23.0 Å². The van der Waals surface area contributed by atoms with Crippen LogP contribution < -0.4 is 11.1 Å². The van der Waals surface area contributed by atoms with Crippen LogP contribution in [-0.4, -0.2) is 32.4 Å². The minimum Gasteiger partial charge on any atom is -0.347 e. The monoisotopic (exact) mass is 290 g/mol. The lowest BCUT2D eigenvalue weighted by Crippen LogP contribution is -2.23. The topological polar surface area (TPSA) is 129 Å². The number of rotatable bonds is 6. The molecule has 0 spiro atoms. The molecule has 0 aliphatic rings. The van der Waals surface area contributed by atoms with Crippen LogP contribution in [0.4, 0.5) is 5.69 Å². The van der Waals surface area contributed by atoms with Crippen LogP contribution in [0.2, 0.25) is 0 Å². The van der Waals surface area contributed by atoms with Crippen LogP contribution in [0.1, 0.15) is 16.1 Å². The Kier molecular flexibility index (Phi) is 4.57. The molecule has 0 aliphatic carbocycles. The van der Waals surface area contributed by atoms with Gasteiger partial charge in [-0.15, -0.1) is 5.10 Å². The Bertz CT molecular complexity index is 637. The number of amides is 1. The Balaban J connectivity index is 1.92. The molecule has 2 rings (SSSR count). The summed E-state index contributed by atoms with van der Waals surface area (Å²) in [5, 5.41) is 20.7. The first-order chi connectivity index (χ1) is 10.1. The van der Waals surface area contributed by atoms with Crippen LogP contribution in [0.5, 0.6) is 0 Å². The highest BCUT2D eigenvalue weighted by atomic mass is 16.6. The average Bonchev–Trinajstić information content (AvgIpc) is 2.94. The van der Waals surface area contributed by atoms with Gasteiger partial charge >= 0.3 is 0 Å². The van der Waals surface area contributed by atoms with Crippen LogP contribution in [0.25, 0.3) is 0 Å². The van der Waals surface area contributed by atoms with Crippen LogP contribution in [0.3, 0.4) is 0 Å². The molecule has 1 amide bonds. The second-order valence-electron chi connectivity index (χ2n) is 4.26. The summed E-state index contributed by atoms with van der Waals surface area (Å²) in [7, 11) is 0. The van der Waals surface area contributed by atoms with Crippen LogP contribution >= 0.6 is 0 Å². The molecular weight excluding hydrogens is 276 g/mol. The Morgan fingerprint density at radius 3 is 2.71 bits per heavy atom. The third kappa shape index (κ3) is 3.83. The SMILES string of the molecule is NCCn1cc(C(=O)NCc2ccc([N+](=O)[O-])cc2)nn1. The van der Waals surface area contributed by atoms with Gasteiger partial charge in [0, 0.05) is 25.2 Å². The molecule has 0 atom stereocenters. The van der Waals surface area contributed by atoms with E-state index in [9.17, 15) is 14.9 Å². The maximum Gasteiger partial charge on any atom is 0.273 e. The van der Waals surface area contributed by atoms with Gasteiger partial charge in [0.1, 0.15) is 0 Å². The number of nitro benzene ring substituents is 1. The predicted octanol–water partition coefficient (Wildman–Crippen LogP) is 0.0750. The predicted molar refractivity (Wildman–Crippen MR) is 73.3 cm³/mol. The summed E-state index contributed by atoms with van der Waals surface area (Å²) < 4.78 is 1.49. The summed E-state index contributed by atoms with van der Waals surface area (Å²) in [5.41, 5.74) is 6.34. The largest absolute Gasteiger partial charge is 0.347 e. The van der Waals surface area contributed by atoms with E-state index in [-0.39, 0.29) is 23.8 Å². The van der Waals surface area contributed by atoms with E-state index in [0.717, 1.165) is 5.56 Å². The Morgan fingerprint density at radius 2 is 2.10 bits per heavy atom. The van der Waals surface area contributed by atoms with Crippen molar-refractivity contribution in [2.75, 3.05) is 6.54 Å². The van der Waals surface area contributed by atoms with Gasteiger partial charge in [-0.05, 0) is 5.56 Å². The zero-order valence-electron chi connectivity index (χ0n) is 11.1. The Hall–Kier alpha value is -2.81. The second-order valence-corrected chi connectivity index (χ2v) is 4.26. The maximum absolute atomic E-state index is 11.8. The zero-order valence-corrected chi connectivity index (χ0v) is 11.1. The summed E-state index contributed by atoms with van der Waals surface area (Å²) in [6, 6.07) is 5.95. The Morgan fingerprint density at radius 1 is 1.38 bits per heavy atom. The van der Waals surface area contributed by atoms with Crippen molar-refractivity contribution < 1.29 is 9.72 Å². The average molecular weight is 290 g/mol. The van der Waals surface area contributed by atoms with Crippen molar-refractivity contribution in [1.29, 1.82) is 0 Å². The molecule has 1 aromatic carbocycles. The molecule has 9 heteroatoms. The van der Waals surface area contributed by atoms with Crippen LogP contribution in [-0.2, 0) is 13.1 Å². The van der Waals surface area contributed by atoms with Gasteiger partial charge in [0.25, 0.3) is 11.6 Å². The van der Waals surface area contributed by atoms with E-state index < -0.39 is 4.92 Å². The van der Waals surface area contributed by atoms with E-state index in [2.05, 4.69) is 15.6 Å². The van der Waals surface area contributed by atoms with Gasteiger partial charge in [-0.3, -0.25) is 19.6 Å². The first-order valence-electron chi connectivity index (χ1n) is 6.22. The van der Waals surface area contributed by atoms with Crippen molar-refractivity contribution >= 4 is 11.6 Å². The number of nitrogens with zero attached hydrogens (tertiary/aromatic N) is 4. The molecule has 2 aromatic rings. The van der Waals surface area contributed by atoms with Crippen molar-refractivity contribution in [3.63, 3.8) is 0 Å². The fourth-order valence-electron chi connectivity index (χ4n) is 1.65. The third-order valence-corrected chi connectivity index (χ3v) is 2.73. The Labute approximate surface area is 119 Å². The van der Waals surface area contributed by atoms with Gasteiger partial charge in [0.2, 0.25) is 0 Å². The molecular formula is C12H14N6O3. The quantitative estimate of drug-likeness (QED) is 0.572. The smallest absolute Gasteiger partial charge is 0.273 e. The molecule has 0 saturated carbocycles. The third-order valence-electron chi connectivity index (χ3n) is 2.73. The van der Waals surface area contributed by atoms with E-state index in [1.54, 1.807) is 12.1 Å². The number of carbonyl (C=O) groups excluding carboxylic acids is 1. The summed E-state index contributed by atoms with van der Waals surface area (Å²) >= 11 is 0. The molecule has 0 bridgehead atoms. The minimum atomic E-state index is -0.474. The summed E-state index contributed by atoms with van der Waals surface area (Å²) in [6.45, 7) is 1.15. The highest BCUT2D eigenvalue weighted by Crippen LogP contribution is 2.11. The molecule has 1 aromatic heterocycles. The molecule has 0 unspecified atom stereocenters. The fraction of sp³-hybridized carbons (Fsp3) is 0.250. The fourth-order valence-corrected chi connectivity index (χ4v) is 1.65. The van der Waals surface area contributed by atoms with Crippen molar-refractivity contribution in [1.82, 2.24) is 20.3 Å². The summed E-state index contributed by atoms with van der Waals surface area (Å²) in [5.74, 6) is -0.364. The molecule has 0 saturated heterocycles. The minimum absolute atomic E-state index is 0.00908. The zero-order chi connectivity index (χ0) is 15.2. The van der Waals surface area contributed by atoms with Crippen LogP contribution in [0, 0.1) is 10.1 Å². The molecule has 21 heavy (non-hydrogen) atoms. The lowest BCUT2D eigenvalue weighted by molar-refractivity contribution is -0.384. The van der Waals surface area contributed by atoms with Gasteiger partial charge in [-0.1, -0.05) is 17.3 Å². The highest BCUT2D eigenvalue weighted by Gasteiger charge is 2.10. The number of nitrogens with one attached hydrogen (secondary N) is 1. The van der Waals surface area contributed by atoms with Gasteiger partial charge < -0.3 is 11.1 Å². The number of hydrogen-bond donors (Lipinski definition) is 2. The van der Waals surface area contributed by atoms with E-state index in [4.69, 9.17) is 5.73 Å². The van der Waals surface area contributed by atoms with Gasteiger partial charge in [0.05, 0.1) is 17.7 Å². The molecule has 1 heterocycles. The number of benzene rings is 1. The number of hydrogen-bond acceptors (Lipinski definition) is 6. The first-order valence-corrected chi connectivity index (χ1v) is 6.22. The lowest BCUT2D eigenvalue weighted by atomic mass is 10.2. The second kappa shape index (κ2) is 6.57. The van der Waals surface area contributed by atoms with Crippen LogP contribution in [0.15, 0.2) is 30.5 Å². The molecule has 0 radical (unpaired) electrons. The summed E-state index contributed by atoms with van der Waals surface area (Å²) in [4.78, 5) is 21.9. The van der Waals surface area contributed by atoms with Crippen molar-refractivity contribution in [2.24, 2.45) is 5.73 Å². The number of nitro groups is 1. The maximum atomic E-state index is 11.8. The van der Waals surface area contributed by atoms with Gasteiger partial charge in [-0.25, -0.2) is 0 Å². The van der Waals surface area contributed by atoms with Crippen molar-refractivity contribution in [3.05, 3.63) is 51.8 Å². The number of aromatic nitrogens is 3. The summed E-state index contributed by atoms with van der Waals surface area (Å²) in [6.07, 6.45) is 1.51. The molecule has 0 aliphatic heterocycles. The van der Waals surface area contributed by atoms with E-state index in [1.807, 2.05) is 0 Å². The lowest BCUT2D eigenvalue weighted by Gasteiger charge is -2.02. The normalized spacial score (nSPS) is 10.3. The molecule has 3 N–H and O–H groups in total. The van der Waals surface area contributed by atoms with Gasteiger partial charge in [0.15, 0.2) is 5.69 Å². The standard InChI is InChI=1S/C12H14N6O3/c13-5-6-17-8-11(15-16-17)12(19)14-7-9-1-3-10(4-2-9)18(20)21/h1-4,8H,5-7,13H2,(H,14,19). The first kappa shape index (κ1) is 14.6. The van der Waals surface area contributed by atoms with Crippen molar-refractivity contribution in [3.8, 4) is 0 Å². The van der Waals surface area contributed by atoms with Gasteiger partial charge in [-0.2, -0.15) is 0 Å². The number of carbonyl (C=O) groups is 1. The molecule has 0 fully saturated rings. The highest BCUT2D eigenvalue weighted by molar-refractivity contribution is 5.91. The molecule has 9 nitrogen and oxygen atoms in total.